The maximum Gasteiger partial charge on any atom is 0.127 e. The van der Waals surface area contributed by atoms with Gasteiger partial charge in [0.15, 0.2) is 0 Å². The third-order valence-corrected chi connectivity index (χ3v) is 2.91. The van der Waals surface area contributed by atoms with Gasteiger partial charge < -0.3 is 9.80 Å². The van der Waals surface area contributed by atoms with Crippen molar-refractivity contribution in [2.75, 3.05) is 13.1 Å². The number of nitrogens with zero attached hydrogens (tertiary/aromatic N) is 2. The van der Waals surface area contributed by atoms with E-state index in [1.165, 1.54) is 5.56 Å². The summed E-state index contributed by atoms with van der Waals surface area (Å²) in [6.07, 6.45) is 4.75. The molecule has 80 valence electrons. The standard InChI is InChI=1S/C13H18N2/c1-3-14-10-11-15(4-2)13(14)12-8-6-5-7-9-12/h5-11,13H,3-4H2,1-2H3. The molecule has 0 bridgehead atoms. The lowest BCUT2D eigenvalue weighted by Gasteiger charge is -2.31. The molecule has 0 spiro atoms. The molecule has 2 rings (SSSR count). The molecular formula is C13H18N2. The highest BCUT2D eigenvalue weighted by Gasteiger charge is 2.24. The highest BCUT2D eigenvalue weighted by Crippen LogP contribution is 2.29. The van der Waals surface area contributed by atoms with Gasteiger partial charge in [-0.15, -0.1) is 0 Å². The molecule has 2 nitrogen and oxygen atoms in total. The summed E-state index contributed by atoms with van der Waals surface area (Å²) >= 11 is 0. The van der Waals surface area contributed by atoms with Crippen LogP contribution in [0.5, 0.6) is 0 Å². The van der Waals surface area contributed by atoms with Gasteiger partial charge >= 0.3 is 0 Å². The predicted octanol–water partition coefficient (Wildman–Crippen LogP) is 2.81. The predicted molar refractivity (Wildman–Crippen MR) is 63.1 cm³/mol. The van der Waals surface area contributed by atoms with E-state index >= 15 is 0 Å². The van der Waals surface area contributed by atoms with Crippen molar-refractivity contribution < 1.29 is 0 Å². The second-order valence-electron chi connectivity index (χ2n) is 3.74. The van der Waals surface area contributed by atoms with Crippen molar-refractivity contribution in [3.05, 3.63) is 48.3 Å². The summed E-state index contributed by atoms with van der Waals surface area (Å²) in [6.45, 7) is 6.48. The summed E-state index contributed by atoms with van der Waals surface area (Å²) < 4.78 is 0. The molecule has 0 saturated carbocycles. The van der Waals surface area contributed by atoms with Gasteiger partial charge in [-0.1, -0.05) is 30.3 Å². The smallest absolute Gasteiger partial charge is 0.127 e. The maximum absolute atomic E-state index is 2.36. The Balaban J connectivity index is 2.26. The van der Waals surface area contributed by atoms with E-state index in [0.29, 0.717) is 6.17 Å². The normalized spacial score (nSPS) is 16.4. The van der Waals surface area contributed by atoms with Crippen LogP contribution >= 0.6 is 0 Å². The van der Waals surface area contributed by atoms with E-state index in [-0.39, 0.29) is 0 Å². The van der Waals surface area contributed by atoms with Crippen LogP contribution in [0.3, 0.4) is 0 Å². The van der Waals surface area contributed by atoms with Crippen molar-refractivity contribution in [2.45, 2.75) is 20.0 Å². The molecule has 0 amide bonds. The first-order valence-corrected chi connectivity index (χ1v) is 5.61. The van der Waals surface area contributed by atoms with E-state index in [1.54, 1.807) is 0 Å². The van der Waals surface area contributed by atoms with Gasteiger partial charge in [0.2, 0.25) is 0 Å². The monoisotopic (exact) mass is 202 g/mol. The lowest BCUT2D eigenvalue weighted by atomic mass is 10.1. The molecule has 0 saturated heterocycles. The van der Waals surface area contributed by atoms with Crippen LogP contribution < -0.4 is 0 Å². The highest BCUT2D eigenvalue weighted by atomic mass is 15.4. The van der Waals surface area contributed by atoms with Gasteiger partial charge in [-0.2, -0.15) is 0 Å². The average Bonchev–Trinajstić information content (AvgIpc) is 2.72. The van der Waals surface area contributed by atoms with Crippen LogP contribution in [-0.2, 0) is 0 Å². The topological polar surface area (TPSA) is 6.48 Å². The summed E-state index contributed by atoms with van der Waals surface area (Å²) in [5, 5.41) is 0. The number of rotatable bonds is 3. The molecule has 1 aromatic carbocycles. The summed E-state index contributed by atoms with van der Waals surface area (Å²) in [6, 6.07) is 10.7. The Morgan fingerprint density at radius 3 is 1.93 bits per heavy atom. The van der Waals surface area contributed by atoms with Crippen molar-refractivity contribution in [2.24, 2.45) is 0 Å². The molecule has 0 fully saturated rings. The van der Waals surface area contributed by atoms with Gasteiger partial charge in [-0.05, 0) is 19.4 Å². The largest absolute Gasteiger partial charge is 0.353 e. The molecule has 1 heterocycles. The van der Waals surface area contributed by atoms with Crippen LogP contribution in [0.1, 0.15) is 25.6 Å². The lowest BCUT2D eigenvalue weighted by Crippen LogP contribution is -2.30. The molecule has 1 aromatic rings. The fraction of sp³-hybridized carbons (Fsp3) is 0.385. The van der Waals surface area contributed by atoms with Crippen molar-refractivity contribution in [1.29, 1.82) is 0 Å². The summed E-state index contributed by atoms with van der Waals surface area (Å²) in [7, 11) is 0. The van der Waals surface area contributed by atoms with Crippen LogP contribution in [0.15, 0.2) is 42.7 Å². The summed E-state index contributed by atoms with van der Waals surface area (Å²) in [4.78, 5) is 4.72. The van der Waals surface area contributed by atoms with Crippen LogP contribution in [0.4, 0.5) is 0 Å². The van der Waals surface area contributed by atoms with Gasteiger partial charge in [0.1, 0.15) is 6.17 Å². The van der Waals surface area contributed by atoms with Crippen molar-refractivity contribution in [3.63, 3.8) is 0 Å². The van der Waals surface area contributed by atoms with Gasteiger partial charge in [0.05, 0.1) is 0 Å². The van der Waals surface area contributed by atoms with Crippen molar-refractivity contribution in [3.8, 4) is 0 Å². The molecular weight excluding hydrogens is 184 g/mol. The molecule has 0 radical (unpaired) electrons. The van der Waals surface area contributed by atoms with E-state index in [4.69, 9.17) is 0 Å². The quantitative estimate of drug-likeness (QED) is 0.743. The zero-order chi connectivity index (χ0) is 10.7. The first kappa shape index (κ1) is 10.1. The SMILES string of the molecule is CCN1C=CN(CC)C1c1ccccc1. The minimum atomic E-state index is 0.390. The van der Waals surface area contributed by atoms with E-state index in [0.717, 1.165) is 13.1 Å². The van der Waals surface area contributed by atoms with Gasteiger partial charge in [0.25, 0.3) is 0 Å². The average molecular weight is 202 g/mol. The van der Waals surface area contributed by atoms with Gasteiger partial charge in [-0.3, -0.25) is 0 Å². The Hall–Kier alpha value is -1.44. The van der Waals surface area contributed by atoms with Gasteiger partial charge in [-0.25, -0.2) is 0 Å². The molecule has 2 heteroatoms. The van der Waals surface area contributed by atoms with E-state index in [2.05, 4.69) is 66.4 Å². The van der Waals surface area contributed by atoms with E-state index < -0.39 is 0 Å². The van der Waals surface area contributed by atoms with Crippen molar-refractivity contribution in [1.82, 2.24) is 9.80 Å². The molecule has 0 aliphatic carbocycles. The molecule has 0 unspecified atom stereocenters. The number of benzene rings is 1. The fourth-order valence-corrected chi connectivity index (χ4v) is 2.09. The molecule has 0 aromatic heterocycles. The number of hydrogen-bond acceptors (Lipinski definition) is 2. The van der Waals surface area contributed by atoms with Crippen LogP contribution in [0.25, 0.3) is 0 Å². The third kappa shape index (κ3) is 1.84. The molecule has 1 aliphatic heterocycles. The zero-order valence-corrected chi connectivity index (χ0v) is 9.43. The Bertz CT molecular complexity index is 318. The summed E-state index contributed by atoms with van der Waals surface area (Å²) in [5.41, 5.74) is 1.37. The molecule has 0 atom stereocenters. The Labute approximate surface area is 91.8 Å². The zero-order valence-electron chi connectivity index (χ0n) is 9.43. The Kier molecular flexibility index (Phi) is 2.95. The van der Waals surface area contributed by atoms with Crippen LogP contribution in [-0.4, -0.2) is 22.9 Å². The lowest BCUT2D eigenvalue weighted by molar-refractivity contribution is 0.165. The second-order valence-corrected chi connectivity index (χ2v) is 3.74. The highest BCUT2D eigenvalue weighted by molar-refractivity contribution is 5.21. The Morgan fingerprint density at radius 2 is 1.47 bits per heavy atom. The molecule has 15 heavy (non-hydrogen) atoms. The van der Waals surface area contributed by atoms with Crippen LogP contribution in [0.2, 0.25) is 0 Å². The minimum absolute atomic E-state index is 0.390. The first-order valence-electron chi connectivity index (χ1n) is 5.61. The maximum atomic E-state index is 2.36. The van der Waals surface area contributed by atoms with E-state index in [1.807, 2.05) is 0 Å². The molecule has 1 aliphatic rings. The molecule has 0 N–H and O–H groups in total. The van der Waals surface area contributed by atoms with Crippen LogP contribution in [0, 0.1) is 0 Å². The van der Waals surface area contributed by atoms with E-state index in [9.17, 15) is 0 Å². The first-order chi connectivity index (χ1) is 7.36. The number of hydrogen-bond donors (Lipinski definition) is 0. The Morgan fingerprint density at radius 1 is 0.933 bits per heavy atom. The van der Waals surface area contributed by atoms with Crippen molar-refractivity contribution >= 4 is 0 Å². The minimum Gasteiger partial charge on any atom is -0.353 e. The summed E-state index contributed by atoms with van der Waals surface area (Å²) in [5.74, 6) is 0. The van der Waals surface area contributed by atoms with Gasteiger partial charge in [0, 0.05) is 25.5 Å². The second kappa shape index (κ2) is 4.39. The third-order valence-electron chi connectivity index (χ3n) is 2.91. The fourth-order valence-electron chi connectivity index (χ4n) is 2.09.